The van der Waals surface area contributed by atoms with Crippen LogP contribution in [0, 0.1) is 34.5 Å². The number of nitrogens with one attached hydrogen (secondary N) is 2. The van der Waals surface area contributed by atoms with Gasteiger partial charge in [-0.2, -0.15) is 0 Å². The monoisotopic (exact) mass is 457 g/mol. The van der Waals surface area contributed by atoms with Crippen molar-refractivity contribution in [2.24, 2.45) is 39.7 Å². The highest BCUT2D eigenvalue weighted by Crippen LogP contribution is 2.66. The number of aliphatic hydroxyl groups is 1. The van der Waals surface area contributed by atoms with Crippen LogP contribution in [0.1, 0.15) is 85.0 Å². The number of hydrogen-bond acceptors (Lipinski definition) is 5. The number of rotatable bonds is 4. The molecule has 6 heteroatoms. The van der Waals surface area contributed by atoms with Crippen molar-refractivity contribution < 1.29 is 14.7 Å². The molecule has 0 aromatic heterocycles. The quantitative estimate of drug-likeness (QED) is 0.246. The molecule has 5 aliphatic rings. The molecule has 184 valence electrons. The maximum absolute atomic E-state index is 12.2. The van der Waals surface area contributed by atoms with Gasteiger partial charge in [-0.25, -0.2) is 4.79 Å². The van der Waals surface area contributed by atoms with Crippen molar-refractivity contribution in [2.75, 3.05) is 13.1 Å². The van der Waals surface area contributed by atoms with E-state index in [1.807, 2.05) is 0 Å². The average Bonchev–Trinajstić information content (AvgIpc) is 3.44. The minimum Gasteiger partial charge on any atom is -0.389 e. The number of nitrogens with zero attached hydrogens (tertiary/aromatic N) is 1. The van der Waals surface area contributed by atoms with Crippen LogP contribution >= 0.6 is 0 Å². The number of amides is 1. The first-order valence-electron chi connectivity index (χ1n) is 13.4. The average molecular weight is 458 g/mol. The fourth-order valence-corrected chi connectivity index (χ4v) is 8.74. The Hall–Kier alpha value is -1.40. The molecule has 1 amide bonds. The van der Waals surface area contributed by atoms with Gasteiger partial charge in [-0.3, -0.25) is 4.84 Å². The summed E-state index contributed by atoms with van der Waals surface area (Å²) in [5.74, 6) is 2.62. The lowest BCUT2D eigenvalue weighted by molar-refractivity contribution is -0.0479. The molecule has 1 aliphatic heterocycles. The van der Waals surface area contributed by atoms with Gasteiger partial charge in [0.1, 0.15) is 0 Å². The van der Waals surface area contributed by atoms with Crippen molar-refractivity contribution >= 4 is 11.8 Å². The third-order valence-electron chi connectivity index (χ3n) is 10.5. The van der Waals surface area contributed by atoms with Crippen molar-refractivity contribution in [1.29, 1.82) is 0 Å². The number of carbonyl (C=O) groups excluding carboxylic acids is 1. The van der Waals surface area contributed by atoms with E-state index >= 15 is 0 Å². The highest BCUT2D eigenvalue weighted by molar-refractivity contribution is 5.85. The van der Waals surface area contributed by atoms with E-state index in [4.69, 9.17) is 4.84 Å². The van der Waals surface area contributed by atoms with Crippen LogP contribution < -0.4 is 10.6 Å². The maximum atomic E-state index is 12.2. The maximum Gasteiger partial charge on any atom is 0.433 e. The predicted octanol–water partition coefficient (Wildman–Crippen LogP) is 4.78. The summed E-state index contributed by atoms with van der Waals surface area (Å²) < 4.78 is 0. The Morgan fingerprint density at radius 1 is 1.18 bits per heavy atom. The topological polar surface area (TPSA) is 83.0 Å². The number of aliphatic hydroxyl groups excluding tert-OH is 1. The molecule has 3 saturated carbocycles. The molecular formula is C27H43N3O3. The van der Waals surface area contributed by atoms with Crippen LogP contribution in [0.4, 0.5) is 4.79 Å². The molecule has 0 spiro atoms. The fourth-order valence-electron chi connectivity index (χ4n) is 8.74. The standard InChI is InChI=1S/C27H43N3O3/c1-17(30-33-25(32)29-16-19-5-4-14-28-19)22-8-9-23-21-7-6-18-15-20(31)10-12-26(18,2)24(21)11-13-27(22,23)3/h15,19-24,28,31H,4-14,16H2,1-3H3,(H,29,32)/b30-17+/t19?,20-,21+,22-,23+,24+,26+,27-/m1/s1. The lowest BCUT2D eigenvalue weighted by Crippen LogP contribution is -2.51. The van der Waals surface area contributed by atoms with Crippen LogP contribution in [-0.4, -0.2) is 42.1 Å². The van der Waals surface area contributed by atoms with E-state index in [0.29, 0.717) is 18.5 Å². The summed E-state index contributed by atoms with van der Waals surface area (Å²) in [5.41, 5.74) is 3.04. The number of oxime groups is 1. The van der Waals surface area contributed by atoms with Crippen LogP contribution in [0.5, 0.6) is 0 Å². The molecule has 8 atom stereocenters. The molecule has 33 heavy (non-hydrogen) atoms. The zero-order valence-corrected chi connectivity index (χ0v) is 20.7. The molecule has 3 N–H and O–H groups in total. The van der Waals surface area contributed by atoms with E-state index in [-0.39, 0.29) is 16.9 Å². The number of hydrogen-bond donors (Lipinski definition) is 3. The molecule has 0 aromatic rings. The highest BCUT2D eigenvalue weighted by Gasteiger charge is 2.59. The molecule has 0 radical (unpaired) electrons. The molecule has 0 bridgehead atoms. The van der Waals surface area contributed by atoms with Crippen LogP contribution in [0.3, 0.4) is 0 Å². The Balaban J connectivity index is 1.23. The van der Waals surface area contributed by atoms with Crippen LogP contribution in [0.2, 0.25) is 0 Å². The summed E-state index contributed by atoms with van der Waals surface area (Å²) in [6, 6.07) is 0.354. The summed E-state index contributed by atoms with van der Waals surface area (Å²) in [6.45, 7) is 8.65. The van der Waals surface area contributed by atoms with Gasteiger partial charge in [-0.15, -0.1) is 0 Å². The van der Waals surface area contributed by atoms with Gasteiger partial charge in [0.15, 0.2) is 0 Å². The third-order valence-corrected chi connectivity index (χ3v) is 10.5. The SMILES string of the molecule is C/C(=N\OC(=O)NCC1CCCN1)[C@H]1CC[C@H]2[C@@H]3CCC4=C[C@H](O)CC[C@]4(C)[C@H]3CC[C@]12C. The van der Waals surface area contributed by atoms with Gasteiger partial charge in [0, 0.05) is 18.5 Å². The van der Waals surface area contributed by atoms with Crippen molar-refractivity contribution in [3.8, 4) is 0 Å². The second kappa shape index (κ2) is 8.99. The minimum atomic E-state index is -0.439. The van der Waals surface area contributed by atoms with E-state index in [1.54, 1.807) is 0 Å². The normalized spacial score (nSPS) is 45.0. The van der Waals surface area contributed by atoms with Crippen molar-refractivity contribution in [2.45, 2.75) is 97.1 Å². The van der Waals surface area contributed by atoms with Crippen molar-refractivity contribution in [3.63, 3.8) is 0 Å². The molecule has 1 saturated heterocycles. The van der Waals surface area contributed by atoms with E-state index in [1.165, 1.54) is 37.7 Å². The molecule has 5 rings (SSSR count). The third kappa shape index (κ3) is 4.16. The van der Waals surface area contributed by atoms with E-state index < -0.39 is 6.09 Å². The second-order valence-electron chi connectivity index (χ2n) is 12.1. The Morgan fingerprint density at radius 3 is 2.82 bits per heavy atom. The summed E-state index contributed by atoms with van der Waals surface area (Å²) in [6.07, 6.45) is 13.1. The Bertz CT molecular complexity index is 819. The highest BCUT2D eigenvalue weighted by atomic mass is 16.7. The summed E-state index contributed by atoms with van der Waals surface area (Å²) >= 11 is 0. The van der Waals surface area contributed by atoms with E-state index in [0.717, 1.165) is 62.1 Å². The van der Waals surface area contributed by atoms with Gasteiger partial charge in [-0.05, 0) is 106 Å². The van der Waals surface area contributed by atoms with Gasteiger partial charge < -0.3 is 15.7 Å². The number of allylic oxidation sites excluding steroid dienone is 1. The summed E-state index contributed by atoms with van der Waals surface area (Å²) in [4.78, 5) is 17.5. The fraction of sp³-hybridized carbons (Fsp3) is 0.852. The van der Waals surface area contributed by atoms with Crippen molar-refractivity contribution in [1.82, 2.24) is 10.6 Å². The second-order valence-corrected chi connectivity index (χ2v) is 12.1. The first-order chi connectivity index (χ1) is 15.8. The zero-order chi connectivity index (χ0) is 23.2. The van der Waals surface area contributed by atoms with Gasteiger partial charge in [0.25, 0.3) is 0 Å². The summed E-state index contributed by atoms with van der Waals surface area (Å²) in [5, 5.41) is 20.8. The molecule has 1 heterocycles. The largest absolute Gasteiger partial charge is 0.433 e. The number of carbonyl (C=O) groups is 1. The molecular weight excluding hydrogens is 414 g/mol. The Labute approximate surface area is 199 Å². The van der Waals surface area contributed by atoms with Crippen molar-refractivity contribution in [3.05, 3.63) is 11.6 Å². The molecule has 4 fully saturated rings. The summed E-state index contributed by atoms with van der Waals surface area (Å²) in [7, 11) is 0. The number of fused-ring (bicyclic) bond motifs is 5. The molecule has 4 aliphatic carbocycles. The molecule has 1 unspecified atom stereocenters. The Morgan fingerprint density at radius 2 is 2.03 bits per heavy atom. The van der Waals surface area contributed by atoms with Crippen LogP contribution in [-0.2, 0) is 4.84 Å². The van der Waals surface area contributed by atoms with Crippen LogP contribution in [0.15, 0.2) is 16.8 Å². The smallest absolute Gasteiger partial charge is 0.389 e. The van der Waals surface area contributed by atoms with E-state index in [9.17, 15) is 9.90 Å². The first-order valence-corrected chi connectivity index (χ1v) is 13.4. The van der Waals surface area contributed by atoms with Gasteiger partial charge in [0.05, 0.1) is 11.8 Å². The lowest BCUT2D eigenvalue weighted by Gasteiger charge is -2.58. The van der Waals surface area contributed by atoms with E-state index in [2.05, 4.69) is 42.6 Å². The van der Waals surface area contributed by atoms with Gasteiger partial charge in [0.2, 0.25) is 0 Å². The zero-order valence-electron chi connectivity index (χ0n) is 20.7. The predicted molar refractivity (Wildman–Crippen MR) is 130 cm³/mol. The minimum absolute atomic E-state index is 0.236. The molecule has 0 aromatic carbocycles. The van der Waals surface area contributed by atoms with Crippen LogP contribution in [0.25, 0.3) is 0 Å². The lowest BCUT2D eigenvalue weighted by atomic mass is 9.46. The van der Waals surface area contributed by atoms with Gasteiger partial charge >= 0.3 is 6.09 Å². The molecule has 6 nitrogen and oxygen atoms in total. The Kier molecular flexibility index (Phi) is 6.36. The first kappa shape index (κ1) is 23.3. The van der Waals surface area contributed by atoms with Gasteiger partial charge in [-0.1, -0.05) is 30.7 Å².